The third kappa shape index (κ3) is 9.38. The molecule has 0 radical (unpaired) electrons. The van der Waals surface area contributed by atoms with Crippen molar-refractivity contribution < 1.29 is 14.2 Å². The van der Waals surface area contributed by atoms with Crippen LogP contribution in [0.1, 0.15) is 56.2 Å². The Morgan fingerprint density at radius 2 is 1.49 bits per heavy atom. The maximum atomic E-state index is 6.49. The van der Waals surface area contributed by atoms with Crippen molar-refractivity contribution in [2.24, 2.45) is 11.8 Å². The largest absolute Gasteiger partial charge is 0.494 e. The highest BCUT2D eigenvalue weighted by molar-refractivity contribution is 6.76. The Labute approximate surface area is 307 Å². The lowest BCUT2D eigenvalue weighted by Gasteiger charge is -2.33. The van der Waals surface area contributed by atoms with Crippen molar-refractivity contribution in [3.05, 3.63) is 72.7 Å². The van der Waals surface area contributed by atoms with Gasteiger partial charge in [-0.25, -0.2) is 4.98 Å². The fourth-order valence-corrected chi connectivity index (χ4v) is 9.14. The number of rotatable bonds is 17. The smallest absolute Gasteiger partial charge is 0.165 e. The zero-order valence-corrected chi connectivity index (χ0v) is 34.1. The van der Waals surface area contributed by atoms with Gasteiger partial charge >= 0.3 is 0 Å². The molecule has 274 valence electrons. The first-order chi connectivity index (χ1) is 24.4. The average Bonchev–Trinajstić information content (AvgIpc) is 3.68. The Morgan fingerprint density at radius 3 is 2.06 bits per heavy atom. The first kappa shape index (κ1) is 37.4. The Bertz CT molecular complexity index is 1730. The number of benzene rings is 1. The first-order valence-electron chi connectivity index (χ1n) is 19.1. The normalized spacial score (nSPS) is 19.1. The van der Waals surface area contributed by atoms with Gasteiger partial charge < -0.3 is 19.1 Å². The molecule has 3 aromatic heterocycles. The summed E-state index contributed by atoms with van der Waals surface area (Å²) in [6.07, 6.45) is 10.1. The number of hydrogen-bond acceptors (Lipinski definition) is 7. The Kier molecular flexibility index (Phi) is 11.9. The van der Waals surface area contributed by atoms with E-state index in [2.05, 4.69) is 75.0 Å². The summed E-state index contributed by atoms with van der Waals surface area (Å²) in [5.41, 5.74) is 6.79. The summed E-state index contributed by atoms with van der Waals surface area (Å²) in [6, 6.07) is 16.7. The second-order valence-electron chi connectivity index (χ2n) is 17.1. The molecule has 10 heteroatoms. The van der Waals surface area contributed by atoms with Crippen LogP contribution < -0.4 is 4.90 Å². The van der Waals surface area contributed by atoms with Crippen LogP contribution in [-0.2, 0) is 14.2 Å². The highest BCUT2D eigenvalue weighted by Crippen LogP contribution is 2.50. The van der Waals surface area contributed by atoms with E-state index < -0.39 is 16.1 Å². The lowest BCUT2D eigenvalue weighted by Crippen LogP contribution is -2.34. The number of nitrogens with zero attached hydrogens (tertiary/aromatic N) is 5. The summed E-state index contributed by atoms with van der Waals surface area (Å²) in [4.78, 5) is 12.6. The SMILES string of the molecule is C=C(OCC)c1c([C@H]2C[C@@H]3CC[C@@H](C3)C2)nc2c(-c3ccc(-c4ccccc4)nc3)cnn2c1N(COCC[Si](C)(C)C)COCC[Si](C)(C)C. The maximum Gasteiger partial charge on any atom is 0.165 e. The summed E-state index contributed by atoms with van der Waals surface area (Å²) in [6.45, 7) is 23.6. The zero-order chi connectivity index (χ0) is 36.2. The number of ether oxygens (including phenoxy) is 3. The van der Waals surface area contributed by atoms with E-state index in [0.29, 0.717) is 45.0 Å². The molecule has 0 unspecified atom stereocenters. The quantitative estimate of drug-likeness (QED) is 0.0464. The number of aromatic nitrogens is 4. The Balaban J connectivity index is 1.48. The first-order valence-corrected chi connectivity index (χ1v) is 26.5. The van der Waals surface area contributed by atoms with Crippen molar-refractivity contribution in [2.75, 3.05) is 38.2 Å². The summed E-state index contributed by atoms with van der Waals surface area (Å²) in [7, 11) is -2.56. The van der Waals surface area contributed by atoms with Gasteiger partial charge in [-0.1, -0.05) is 95.1 Å². The van der Waals surface area contributed by atoms with Gasteiger partial charge in [0, 0.05) is 58.2 Å². The minimum atomic E-state index is -1.28. The van der Waals surface area contributed by atoms with E-state index in [0.717, 1.165) is 81.9 Å². The van der Waals surface area contributed by atoms with Crippen LogP contribution in [-0.4, -0.2) is 69.0 Å². The van der Waals surface area contributed by atoms with Gasteiger partial charge in [0.05, 0.1) is 29.8 Å². The number of fused-ring (bicyclic) bond motifs is 3. The van der Waals surface area contributed by atoms with Gasteiger partial charge in [-0.2, -0.15) is 9.61 Å². The third-order valence-electron chi connectivity index (χ3n) is 10.5. The summed E-state index contributed by atoms with van der Waals surface area (Å²) in [5.74, 6) is 3.32. The predicted octanol–water partition coefficient (Wildman–Crippen LogP) is 10.2. The molecule has 6 rings (SSSR count). The molecule has 2 aliphatic carbocycles. The van der Waals surface area contributed by atoms with Crippen molar-refractivity contribution in [1.82, 2.24) is 19.6 Å². The minimum Gasteiger partial charge on any atom is -0.494 e. The van der Waals surface area contributed by atoms with Crippen LogP contribution in [0.5, 0.6) is 0 Å². The van der Waals surface area contributed by atoms with E-state index in [4.69, 9.17) is 29.3 Å². The highest BCUT2D eigenvalue weighted by Gasteiger charge is 2.38. The molecule has 2 saturated carbocycles. The third-order valence-corrected chi connectivity index (χ3v) is 13.9. The van der Waals surface area contributed by atoms with Crippen LogP contribution in [0.3, 0.4) is 0 Å². The van der Waals surface area contributed by atoms with Crippen molar-refractivity contribution >= 4 is 33.4 Å². The molecular formula is C41H59N5O3Si2. The van der Waals surface area contributed by atoms with Crippen molar-refractivity contribution in [3.8, 4) is 22.4 Å². The molecule has 3 atom stereocenters. The molecule has 1 aromatic carbocycles. The topological polar surface area (TPSA) is 74.0 Å². The molecular weight excluding hydrogens is 667 g/mol. The van der Waals surface area contributed by atoms with Gasteiger partial charge in [0.2, 0.25) is 0 Å². The van der Waals surface area contributed by atoms with Gasteiger partial charge in [0.15, 0.2) is 5.65 Å². The van der Waals surface area contributed by atoms with E-state index in [9.17, 15) is 0 Å². The number of anilines is 1. The van der Waals surface area contributed by atoms with Gasteiger partial charge in [0.1, 0.15) is 25.0 Å². The second kappa shape index (κ2) is 16.1. The molecule has 0 spiro atoms. The standard InChI is InChI=1S/C41H59N5O3Si2/c1-9-49-30(2)38-39(35-24-31-15-16-32(23-31)25-35)44-40-36(34-17-18-37(42-26-34)33-13-11-10-12-14-33)27-43-46(40)41(38)45(28-47-19-21-50(3,4)5)29-48-20-22-51(6,7)8/h10-14,17-18,26-27,31-32,35H,2,9,15-16,19-25,28-29H2,1,3-8H3/t31-,32+,35+. The van der Waals surface area contributed by atoms with E-state index in [1.165, 1.54) is 19.3 Å². The molecule has 2 aliphatic rings. The molecule has 0 aliphatic heterocycles. The van der Waals surface area contributed by atoms with Crippen molar-refractivity contribution in [2.45, 2.75) is 96.3 Å². The van der Waals surface area contributed by atoms with Gasteiger partial charge in [-0.3, -0.25) is 4.98 Å². The van der Waals surface area contributed by atoms with Crippen LogP contribution in [0.2, 0.25) is 51.4 Å². The van der Waals surface area contributed by atoms with E-state index in [1.807, 2.05) is 42.0 Å². The molecule has 2 bridgehead atoms. The minimum absolute atomic E-state index is 0.316. The van der Waals surface area contributed by atoms with Gasteiger partial charge in [-0.15, -0.1) is 0 Å². The van der Waals surface area contributed by atoms with Crippen LogP contribution in [0.25, 0.3) is 33.8 Å². The van der Waals surface area contributed by atoms with Gasteiger partial charge in [0.25, 0.3) is 0 Å². The van der Waals surface area contributed by atoms with E-state index in [1.54, 1.807) is 0 Å². The van der Waals surface area contributed by atoms with Crippen LogP contribution >= 0.6 is 0 Å². The fraction of sp³-hybridized carbons (Fsp3) is 0.537. The molecule has 8 nitrogen and oxygen atoms in total. The Morgan fingerprint density at radius 1 is 0.843 bits per heavy atom. The number of hydrogen-bond donors (Lipinski definition) is 0. The summed E-state index contributed by atoms with van der Waals surface area (Å²) < 4.78 is 21.2. The molecule has 2 fully saturated rings. The Hall–Kier alpha value is -3.32. The monoisotopic (exact) mass is 725 g/mol. The molecule has 51 heavy (non-hydrogen) atoms. The lowest BCUT2D eigenvalue weighted by atomic mass is 9.78. The van der Waals surface area contributed by atoms with Crippen molar-refractivity contribution in [1.29, 1.82) is 0 Å². The van der Waals surface area contributed by atoms with E-state index in [-0.39, 0.29) is 0 Å². The molecule has 4 aromatic rings. The number of pyridine rings is 1. The van der Waals surface area contributed by atoms with Crippen LogP contribution in [0, 0.1) is 11.8 Å². The van der Waals surface area contributed by atoms with Crippen LogP contribution in [0.15, 0.2) is 61.4 Å². The second-order valence-corrected chi connectivity index (χ2v) is 28.3. The average molecular weight is 726 g/mol. The van der Waals surface area contributed by atoms with Gasteiger partial charge in [-0.05, 0) is 56.2 Å². The molecule has 0 saturated heterocycles. The summed E-state index contributed by atoms with van der Waals surface area (Å²) >= 11 is 0. The zero-order valence-electron chi connectivity index (χ0n) is 32.1. The highest BCUT2D eigenvalue weighted by atomic mass is 28.3. The van der Waals surface area contributed by atoms with Crippen LogP contribution in [0.4, 0.5) is 5.82 Å². The van der Waals surface area contributed by atoms with E-state index >= 15 is 0 Å². The fourth-order valence-electron chi connectivity index (χ4n) is 7.63. The molecule has 0 amide bonds. The predicted molar refractivity (Wildman–Crippen MR) is 216 cm³/mol. The lowest BCUT2D eigenvalue weighted by molar-refractivity contribution is 0.0941. The maximum absolute atomic E-state index is 6.49. The summed E-state index contributed by atoms with van der Waals surface area (Å²) in [5, 5.41) is 5.05. The molecule has 3 heterocycles. The van der Waals surface area contributed by atoms with Crippen molar-refractivity contribution in [3.63, 3.8) is 0 Å². The molecule has 0 N–H and O–H groups in total.